The Balaban J connectivity index is 2.58. The van der Waals surface area contributed by atoms with Gasteiger partial charge in [0.15, 0.2) is 0 Å². The number of hydrogen-bond donors (Lipinski definition) is 2. The van der Waals surface area contributed by atoms with E-state index in [0.717, 1.165) is 11.3 Å². The van der Waals surface area contributed by atoms with E-state index in [0.29, 0.717) is 12.2 Å². The first-order valence-corrected chi connectivity index (χ1v) is 5.49. The highest BCUT2D eigenvalue weighted by molar-refractivity contribution is 7.98. The molecule has 0 radical (unpaired) electrons. The molecule has 3 N–H and O–H groups in total. The van der Waals surface area contributed by atoms with E-state index < -0.39 is 0 Å². The first kappa shape index (κ1) is 10.3. The molecule has 0 aromatic carbocycles. The topological polar surface area (TPSA) is 59.1 Å². The van der Waals surface area contributed by atoms with Crippen molar-refractivity contribution in [2.24, 2.45) is 0 Å². The molecule has 1 unspecified atom stereocenters. The zero-order valence-corrected chi connectivity index (χ0v) is 8.42. The van der Waals surface area contributed by atoms with Crippen LogP contribution in [0, 0.1) is 0 Å². The van der Waals surface area contributed by atoms with Crippen LogP contribution in [0.2, 0.25) is 0 Å². The summed E-state index contributed by atoms with van der Waals surface area (Å²) in [6.45, 7) is 0. The lowest BCUT2D eigenvalue weighted by molar-refractivity contribution is 0.200. The summed E-state index contributed by atoms with van der Waals surface area (Å²) >= 11 is 1.62. The maximum atomic E-state index is 9.52. The van der Waals surface area contributed by atoms with Gasteiger partial charge >= 0.3 is 0 Å². The summed E-state index contributed by atoms with van der Waals surface area (Å²) in [7, 11) is 0. The van der Waals surface area contributed by atoms with Gasteiger partial charge in [-0.3, -0.25) is 0 Å². The zero-order chi connectivity index (χ0) is 9.68. The molecule has 1 aromatic heterocycles. The van der Waals surface area contributed by atoms with Crippen molar-refractivity contribution < 1.29 is 5.11 Å². The SMILES string of the molecule is CSCC(O)Cc1cccnc1N. The van der Waals surface area contributed by atoms with Gasteiger partial charge in [-0.25, -0.2) is 4.98 Å². The summed E-state index contributed by atoms with van der Waals surface area (Å²) < 4.78 is 0. The Labute approximate surface area is 82.4 Å². The van der Waals surface area contributed by atoms with Crippen molar-refractivity contribution in [1.82, 2.24) is 4.98 Å². The fourth-order valence-corrected chi connectivity index (χ4v) is 1.63. The quantitative estimate of drug-likeness (QED) is 0.755. The van der Waals surface area contributed by atoms with Crippen molar-refractivity contribution in [2.45, 2.75) is 12.5 Å². The van der Waals surface area contributed by atoms with Crippen molar-refractivity contribution in [3.05, 3.63) is 23.9 Å². The van der Waals surface area contributed by atoms with Gasteiger partial charge in [0.2, 0.25) is 0 Å². The number of thioether (sulfide) groups is 1. The van der Waals surface area contributed by atoms with E-state index in [-0.39, 0.29) is 6.10 Å². The van der Waals surface area contributed by atoms with Crippen molar-refractivity contribution in [3.8, 4) is 0 Å². The minimum Gasteiger partial charge on any atom is -0.392 e. The summed E-state index contributed by atoms with van der Waals surface area (Å²) in [5, 5.41) is 9.52. The summed E-state index contributed by atoms with van der Waals surface area (Å²) in [4.78, 5) is 3.95. The van der Waals surface area contributed by atoms with Crippen LogP contribution in [0.15, 0.2) is 18.3 Å². The van der Waals surface area contributed by atoms with E-state index in [9.17, 15) is 5.11 Å². The Hall–Kier alpha value is -0.740. The second-order valence-corrected chi connectivity index (χ2v) is 3.77. The molecule has 1 atom stereocenters. The highest BCUT2D eigenvalue weighted by Gasteiger charge is 2.06. The van der Waals surface area contributed by atoms with Crippen LogP contribution in [0.25, 0.3) is 0 Å². The average Bonchev–Trinajstić information content (AvgIpc) is 2.09. The third kappa shape index (κ3) is 3.24. The molecule has 0 saturated heterocycles. The molecule has 0 fully saturated rings. The molecular weight excluding hydrogens is 184 g/mol. The molecule has 1 rings (SSSR count). The molecule has 0 amide bonds. The smallest absolute Gasteiger partial charge is 0.126 e. The first-order valence-electron chi connectivity index (χ1n) is 4.10. The Morgan fingerprint density at radius 2 is 2.46 bits per heavy atom. The van der Waals surface area contributed by atoms with Crippen molar-refractivity contribution >= 4 is 17.6 Å². The zero-order valence-electron chi connectivity index (χ0n) is 7.60. The van der Waals surface area contributed by atoms with E-state index >= 15 is 0 Å². The summed E-state index contributed by atoms with van der Waals surface area (Å²) in [5.74, 6) is 1.25. The molecule has 0 aliphatic carbocycles. The second kappa shape index (κ2) is 5.09. The largest absolute Gasteiger partial charge is 0.392 e. The van der Waals surface area contributed by atoms with Crippen LogP contribution < -0.4 is 5.73 Å². The Kier molecular flexibility index (Phi) is 4.05. The molecule has 1 heterocycles. The van der Waals surface area contributed by atoms with Gasteiger partial charge in [-0.15, -0.1) is 0 Å². The fourth-order valence-electron chi connectivity index (χ4n) is 1.13. The lowest BCUT2D eigenvalue weighted by Crippen LogP contribution is -2.14. The van der Waals surface area contributed by atoms with Crippen LogP contribution in [-0.4, -0.2) is 28.2 Å². The number of pyridine rings is 1. The molecule has 0 aliphatic heterocycles. The van der Waals surface area contributed by atoms with E-state index in [1.807, 2.05) is 18.4 Å². The standard InChI is InChI=1S/C9H14N2OS/c1-13-6-8(12)5-7-3-2-4-11-9(7)10/h2-4,8,12H,5-6H2,1H3,(H2,10,11). The van der Waals surface area contributed by atoms with E-state index in [2.05, 4.69) is 4.98 Å². The molecule has 0 spiro atoms. The number of aromatic nitrogens is 1. The second-order valence-electron chi connectivity index (χ2n) is 2.86. The fraction of sp³-hybridized carbons (Fsp3) is 0.444. The minimum atomic E-state index is -0.332. The number of hydrogen-bond acceptors (Lipinski definition) is 4. The van der Waals surface area contributed by atoms with Crippen molar-refractivity contribution in [3.63, 3.8) is 0 Å². The molecule has 3 nitrogen and oxygen atoms in total. The molecule has 13 heavy (non-hydrogen) atoms. The van der Waals surface area contributed by atoms with Gasteiger partial charge in [-0.1, -0.05) is 6.07 Å². The number of aliphatic hydroxyl groups is 1. The third-order valence-corrected chi connectivity index (χ3v) is 2.46. The maximum Gasteiger partial charge on any atom is 0.126 e. The number of nitrogens with zero attached hydrogens (tertiary/aromatic N) is 1. The van der Waals surface area contributed by atoms with Crippen LogP contribution in [0.3, 0.4) is 0 Å². The summed E-state index contributed by atoms with van der Waals surface area (Å²) in [5.41, 5.74) is 6.56. The normalized spacial score (nSPS) is 12.8. The van der Waals surface area contributed by atoms with Crippen molar-refractivity contribution in [1.29, 1.82) is 0 Å². The number of nitrogen functional groups attached to an aromatic ring is 1. The molecule has 0 bridgehead atoms. The van der Waals surface area contributed by atoms with E-state index in [4.69, 9.17) is 5.73 Å². The first-order chi connectivity index (χ1) is 6.24. The Bertz CT molecular complexity index is 268. The predicted octanol–water partition coefficient (Wildman–Crippen LogP) is 0.930. The highest BCUT2D eigenvalue weighted by Crippen LogP contribution is 2.11. The molecule has 4 heteroatoms. The maximum absolute atomic E-state index is 9.52. The van der Waals surface area contributed by atoms with Crippen LogP contribution >= 0.6 is 11.8 Å². The molecule has 1 aromatic rings. The lowest BCUT2D eigenvalue weighted by Gasteiger charge is -2.09. The van der Waals surface area contributed by atoms with E-state index in [1.165, 1.54) is 0 Å². The van der Waals surface area contributed by atoms with Gasteiger partial charge in [0.1, 0.15) is 5.82 Å². The summed E-state index contributed by atoms with van der Waals surface area (Å²) in [6.07, 6.45) is 3.87. The van der Waals surface area contributed by atoms with Gasteiger partial charge in [0.05, 0.1) is 6.10 Å². The molecule has 0 aliphatic rings. The van der Waals surface area contributed by atoms with Gasteiger partial charge in [0, 0.05) is 18.4 Å². The van der Waals surface area contributed by atoms with Crippen LogP contribution in [0.5, 0.6) is 0 Å². The molecule has 72 valence electrons. The summed E-state index contributed by atoms with van der Waals surface area (Å²) in [6, 6.07) is 3.73. The van der Waals surface area contributed by atoms with E-state index in [1.54, 1.807) is 18.0 Å². The van der Waals surface area contributed by atoms with Gasteiger partial charge in [-0.05, 0) is 17.9 Å². The van der Waals surface area contributed by atoms with Crippen LogP contribution in [0.1, 0.15) is 5.56 Å². The predicted molar refractivity (Wildman–Crippen MR) is 56.7 cm³/mol. The number of anilines is 1. The van der Waals surface area contributed by atoms with Crippen LogP contribution in [0.4, 0.5) is 5.82 Å². The van der Waals surface area contributed by atoms with Crippen molar-refractivity contribution in [2.75, 3.05) is 17.7 Å². The number of rotatable bonds is 4. The number of nitrogens with two attached hydrogens (primary N) is 1. The lowest BCUT2D eigenvalue weighted by atomic mass is 10.1. The Morgan fingerprint density at radius 1 is 1.69 bits per heavy atom. The average molecular weight is 198 g/mol. The van der Waals surface area contributed by atoms with Gasteiger partial charge in [0.25, 0.3) is 0 Å². The molecule has 0 saturated carbocycles. The minimum absolute atomic E-state index is 0.332. The highest BCUT2D eigenvalue weighted by atomic mass is 32.2. The van der Waals surface area contributed by atoms with Gasteiger partial charge < -0.3 is 10.8 Å². The molecular formula is C9H14N2OS. The van der Waals surface area contributed by atoms with Crippen LogP contribution in [-0.2, 0) is 6.42 Å². The van der Waals surface area contributed by atoms with Gasteiger partial charge in [-0.2, -0.15) is 11.8 Å². The monoisotopic (exact) mass is 198 g/mol. The third-order valence-electron chi connectivity index (χ3n) is 1.74. The number of aliphatic hydroxyl groups excluding tert-OH is 1. The Morgan fingerprint density at radius 3 is 3.08 bits per heavy atom.